The van der Waals surface area contributed by atoms with E-state index in [1.807, 2.05) is 0 Å². The fraction of sp³-hybridized carbons (Fsp3) is 0.300. The highest BCUT2D eigenvalue weighted by atomic mass is 19.2. The van der Waals surface area contributed by atoms with E-state index in [0.717, 1.165) is 37.3 Å². The van der Waals surface area contributed by atoms with Gasteiger partial charge in [-0.2, -0.15) is 0 Å². The Balaban J connectivity index is 2.27. The molecule has 2 aromatic carbocycles. The van der Waals surface area contributed by atoms with Gasteiger partial charge in [-0.05, 0) is 37.0 Å². The summed E-state index contributed by atoms with van der Waals surface area (Å²) in [5, 5.41) is 0. The van der Waals surface area contributed by atoms with Crippen molar-refractivity contribution >= 4 is 11.7 Å². The quantitative estimate of drug-likeness (QED) is 0.310. The van der Waals surface area contributed by atoms with Crippen molar-refractivity contribution < 1.29 is 17.6 Å². The van der Waals surface area contributed by atoms with Gasteiger partial charge < -0.3 is 0 Å². The Morgan fingerprint density at radius 3 is 2.12 bits per heavy atom. The number of hydrogen-bond donors (Lipinski definition) is 0. The summed E-state index contributed by atoms with van der Waals surface area (Å²) in [5.74, 6) is -5.14. The lowest BCUT2D eigenvalue weighted by Gasteiger charge is -2.07. The molecule has 0 aromatic heterocycles. The molecule has 0 fully saturated rings. The van der Waals surface area contributed by atoms with Crippen LogP contribution in [0.4, 0.5) is 17.6 Å². The Hall–Kier alpha value is -2.10. The molecule has 0 saturated carbocycles. The molecule has 0 heterocycles. The Kier molecular flexibility index (Phi) is 6.18. The maximum atomic E-state index is 14.3. The minimum Gasteiger partial charge on any atom is -0.203 e. The number of unbranched alkanes of at least 4 members (excludes halogenated alkanes) is 2. The van der Waals surface area contributed by atoms with Gasteiger partial charge in [0, 0.05) is 5.56 Å². The number of hydrogen-bond acceptors (Lipinski definition) is 0. The molecule has 0 aliphatic heterocycles. The van der Waals surface area contributed by atoms with Gasteiger partial charge in [-0.25, -0.2) is 17.6 Å². The van der Waals surface area contributed by atoms with Gasteiger partial charge >= 0.3 is 0 Å². The molecule has 0 bridgehead atoms. The monoisotopic (exact) mass is 336 g/mol. The van der Waals surface area contributed by atoms with Crippen molar-refractivity contribution in [2.24, 2.45) is 0 Å². The molecule has 0 aliphatic carbocycles. The van der Waals surface area contributed by atoms with Gasteiger partial charge in [0.15, 0.2) is 23.3 Å². The fourth-order valence-corrected chi connectivity index (χ4v) is 2.46. The second kappa shape index (κ2) is 8.13. The van der Waals surface area contributed by atoms with Crippen LogP contribution in [0.5, 0.6) is 0 Å². The van der Waals surface area contributed by atoms with Gasteiger partial charge in [0.05, 0.1) is 5.56 Å². The number of aryl methyl sites for hydroxylation is 2. The molecule has 0 radical (unpaired) electrons. The molecule has 0 aliphatic rings. The summed E-state index contributed by atoms with van der Waals surface area (Å²) in [7, 11) is 0. The zero-order chi connectivity index (χ0) is 17.7. The number of benzene rings is 2. The lowest BCUT2D eigenvalue weighted by Crippen LogP contribution is -1.96. The maximum absolute atomic E-state index is 14.3. The number of rotatable bonds is 6. The smallest absolute Gasteiger partial charge is 0.169 e. The van der Waals surface area contributed by atoms with Crippen LogP contribution in [0, 0.1) is 18.6 Å². The highest BCUT2D eigenvalue weighted by Crippen LogP contribution is 2.31. The molecular weight excluding hydrogens is 316 g/mol. The van der Waals surface area contributed by atoms with E-state index in [4.69, 9.17) is 0 Å². The first kappa shape index (κ1) is 18.2. The molecule has 0 nitrogen and oxygen atoms in total. The summed E-state index contributed by atoms with van der Waals surface area (Å²) in [4.78, 5) is 0. The van der Waals surface area contributed by atoms with Crippen molar-refractivity contribution in [2.75, 3.05) is 0 Å². The van der Waals surface area contributed by atoms with E-state index in [1.54, 1.807) is 12.1 Å². The second-order valence-electron chi connectivity index (χ2n) is 5.84. The van der Waals surface area contributed by atoms with Crippen molar-refractivity contribution in [3.8, 4) is 0 Å². The molecule has 24 heavy (non-hydrogen) atoms. The average Bonchev–Trinajstić information content (AvgIpc) is 2.59. The third kappa shape index (κ3) is 4.05. The summed E-state index contributed by atoms with van der Waals surface area (Å²) in [6.45, 7) is 3.47. The summed E-state index contributed by atoms with van der Waals surface area (Å²) in [6.07, 6.45) is 4.14. The number of halogens is 4. The maximum Gasteiger partial charge on any atom is 0.169 e. The van der Waals surface area contributed by atoms with Crippen LogP contribution in [0.2, 0.25) is 0 Å². The Bertz CT molecular complexity index is 730. The first-order chi connectivity index (χ1) is 11.5. The van der Waals surface area contributed by atoms with Crippen LogP contribution in [0.1, 0.15) is 48.4 Å². The van der Waals surface area contributed by atoms with E-state index in [2.05, 4.69) is 6.92 Å². The van der Waals surface area contributed by atoms with Gasteiger partial charge in [-0.15, -0.1) is 0 Å². The Labute approximate surface area is 139 Å². The molecule has 0 N–H and O–H groups in total. The van der Waals surface area contributed by atoms with Crippen LogP contribution in [-0.4, -0.2) is 0 Å². The minimum absolute atomic E-state index is 0.00660. The molecule has 0 unspecified atom stereocenters. The fourth-order valence-electron chi connectivity index (χ4n) is 2.46. The van der Waals surface area contributed by atoms with Crippen LogP contribution in [-0.2, 0) is 6.42 Å². The lowest BCUT2D eigenvalue weighted by atomic mass is 10.0. The van der Waals surface area contributed by atoms with Crippen LogP contribution in [0.25, 0.3) is 11.7 Å². The third-order valence-corrected chi connectivity index (χ3v) is 3.98. The average molecular weight is 336 g/mol. The van der Waals surface area contributed by atoms with E-state index in [0.29, 0.717) is 0 Å². The SMILES string of the molecule is CCCCCc1ccc(C(F)=C(F)c2ccc(C)c(F)c2F)cc1. The molecule has 0 amide bonds. The Morgan fingerprint density at radius 2 is 1.50 bits per heavy atom. The van der Waals surface area contributed by atoms with Crippen molar-refractivity contribution in [3.63, 3.8) is 0 Å². The van der Waals surface area contributed by atoms with Crippen LogP contribution >= 0.6 is 0 Å². The lowest BCUT2D eigenvalue weighted by molar-refractivity contribution is 0.497. The minimum atomic E-state index is -1.40. The normalized spacial score (nSPS) is 12.2. The molecule has 0 saturated heterocycles. The van der Waals surface area contributed by atoms with Crippen molar-refractivity contribution in [3.05, 3.63) is 70.3 Å². The van der Waals surface area contributed by atoms with Gasteiger partial charge in [0.25, 0.3) is 0 Å². The molecule has 0 atom stereocenters. The molecular formula is C20H20F4. The molecule has 4 heteroatoms. The second-order valence-corrected chi connectivity index (χ2v) is 5.84. The highest BCUT2D eigenvalue weighted by Gasteiger charge is 2.19. The summed E-state index contributed by atoms with van der Waals surface area (Å²) < 4.78 is 55.9. The van der Waals surface area contributed by atoms with E-state index in [-0.39, 0.29) is 11.1 Å². The summed E-state index contributed by atoms with van der Waals surface area (Å²) >= 11 is 0. The Morgan fingerprint density at radius 1 is 0.833 bits per heavy atom. The predicted octanol–water partition coefficient (Wildman–Crippen LogP) is 6.77. The molecule has 2 aromatic rings. The first-order valence-electron chi connectivity index (χ1n) is 8.05. The van der Waals surface area contributed by atoms with E-state index >= 15 is 0 Å². The van der Waals surface area contributed by atoms with Crippen molar-refractivity contribution in [2.45, 2.75) is 39.5 Å². The standard InChI is InChI=1S/C20H20F4/c1-3-4-5-6-14-8-10-15(11-9-14)18(22)20(24)16-12-7-13(2)17(21)19(16)23/h7-12H,3-6H2,1-2H3. The van der Waals surface area contributed by atoms with Gasteiger partial charge in [0.1, 0.15) is 0 Å². The van der Waals surface area contributed by atoms with Crippen molar-refractivity contribution in [1.82, 2.24) is 0 Å². The zero-order valence-electron chi connectivity index (χ0n) is 13.8. The molecule has 128 valence electrons. The molecule has 0 spiro atoms. The van der Waals surface area contributed by atoms with Crippen LogP contribution < -0.4 is 0 Å². The predicted molar refractivity (Wildman–Crippen MR) is 89.8 cm³/mol. The summed E-state index contributed by atoms with van der Waals surface area (Å²) in [5.41, 5.74) is 0.378. The topological polar surface area (TPSA) is 0 Å². The third-order valence-electron chi connectivity index (χ3n) is 3.98. The largest absolute Gasteiger partial charge is 0.203 e. The highest BCUT2D eigenvalue weighted by molar-refractivity contribution is 5.83. The van der Waals surface area contributed by atoms with Gasteiger partial charge in [-0.3, -0.25) is 0 Å². The summed E-state index contributed by atoms with van der Waals surface area (Å²) in [6, 6.07) is 8.63. The van der Waals surface area contributed by atoms with Crippen molar-refractivity contribution in [1.29, 1.82) is 0 Å². The van der Waals surface area contributed by atoms with Gasteiger partial charge in [0.2, 0.25) is 0 Å². The van der Waals surface area contributed by atoms with Gasteiger partial charge in [-0.1, -0.05) is 50.1 Å². The van der Waals surface area contributed by atoms with Crippen LogP contribution in [0.15, 0.2) is 36.4 Å². The first-order valence-corrected chi connectivity index (χ1v) is 8.05. The molecule has 2 rings (SSSR count). The van der Waals surface area contributed by atoms with Crippen LogP contribution in [0.3, 0.4) is 0 Å². The van der Waals surface area contributed by atoms with E-state index in [9.17, 15) is 17.6 Å². The van der Waals surface area contributed by atoms with E-state index < -0.39 is 28.9 Å². The van der Waals surface area contributed by atoms with E-state index in [1.165, 1.54) is 25.1 Å². The zero-order valence-corrected chi connectivity index (χ0v) is 13.8.